The minimum absolute atomic E-state index is 0.00325. The second kappa shape index (κ2) is 13.0. The van der Waals surface area contributed by atoms with Crippen LogP contribution in [-0.4, -0.2) is 85.7 Å². The van der Waals surface area contributed by atoms with Gasteiger partial charge in [-0.05, 0) is 48.2 Å². The lowest BCUT2D eigenvalue weighted by Gasteiger charge is -2.29. The maximum absolute atomic E-state index is 15.6. The molecule has 0 aromatic heterocycles. The van der Waals surface area contributed by atoms with Gasteiger partial charge in [0.15, 0.2) is 12.5 Å². The smallest absolute Gasteiger partial charge is 0.262 e. The average molecular weight is 651 g/mol. The van der Waals surface area contributed by atoms with E-state index in [1.165, 1.54) is 24.3 Å². The Balaban J connectivity index is 1.26. The molecule has 12 heteroatoms. The minimum Gasteiger partial charge on any atom is -0.496 e. The Morgan fingerprint density at radius 2 is 1.87 bits per heavy atom. The number of fused-ring (bicyclic) bond motifs is 1. The summed E-state index contributed by atoms with van der Waals surface area (Å²) < 4.78 is 32.1. The number of hydrogen-bond donors (Lipinski definition) is 3. The molecule has 6 rings (SSSR count). The van der Waals surface area contributed by atoms with Crippen molar-refractivity contribution in [2.45, 2.75) is 44.5 Å². The third kappa shape index (κ3) is 6.08. The van der Waals surface area contributed by atoms with Gasteiger partial charge in [-0.2, -0.15) is 0 Å². The molecule has 0 aliphatic carbocycles. The fraction of sp³-hybridized carbons (Fsp3) is 0.353. The summed E-state index contributed by atoms with van der Waals surface area (Å²) in [5.74, 6) is -1.09. The number of carbonyl (C=O) groups excluding carboxylic acids is 2. The van der Waals surface area contributed by atoms with Crippen molar-refractivity contribution in [3.63, 3.8) is 0 Å². The molecule has 3 N–H and O–H groups in total. The highest BCUT2D eigenvalue weighted by Crippen LogP contribution is 2.41. The number of hydrogen-bond acceptors (Lipinski definition) is 8. The van der Waals surface area contributed by atoms with Gasteiger partial charge < -0.3 is 39.8 Å². The van der Waals surface area contributed by atoms with Gasteiger partial charge in [0.05, 0.1) is 30.9 Å². The number of methoxy groups -OCH3 is 1. The Bertz CT molecular complexity index is 1720. The summed E-state index contributed by atoms with van der Waals surface area (Å²) >= 11 is 7.00. The number of aliphatic hydroxyl groups is 1. The van der Waals surface area contributed by atoms with Crippen molar-refractivity contribution in [1.29, 1.82) is 0 Å². The maximum Gasteiger partial charge on any atom is 0.262 e. The number of nitrogens with one attached hydrogen (secondary N) is 2. The van der Waals surface area contributed by atoms with E-state index in [2.05, 4.69) is 10.6 Å². The highest BCUT2D eigenvalue weighted by Gasteiger charge is 2.50. The Morgan fingerprint density at radius 3 is 2.63 bits per heavy atom. The number of anilines is 1. The summed E-state index contributed by atoms with van der Waals surface area (Å²) in [4.78, 5) is 29.4. The lowest BCUT2D eigenvalue weighted by atomic mass is 9.94. The Hall–Kier alpha value is -4.00. The van der Waals surface area contributed by atoms with E-state index >= 15 is 4.39 Å². The standard InChI is InChI=1S/C34H36ClFN4O6/c1-18-20(7-6-10-26(18)38-31(42)24-16-39(2)33-34(46-33)40(3)32(24)43)22-9-5-8-21(30(22)35)19-13-25(36)23(29(14-19)44-4)15-37-27-17-45-12-11-28(27)41/h5-10,13-14,16,27-28,33-34,37,41H,11-12,15,17H2,1-4H3,(H,38,42)/t27-,28-,33?,34?/m0/s1. The van der Waals surface area contributed by atoms with Crippen LogP contribution in [-0.2, 0) is 25.6 Å². The van der Waals surface area contributed by atoms with Crippen LogP contribution in [0.2, 0.25) is 5.02 Å². The fourth-order valence-corrected chi connectivity index (χ4v) is 6.30. The van der Waals surface area contributed by atoms with Crippen LogP contribution in [0.1, 0.15) is 17.5 Å². The molecule has 10 nitrogen and oxygen atoms in total. The molecule has 4 atom stereocenters. The van der Waals surface area contributed by atoms with Gasteiger partial charge in [-0.25, -0.2) is 4.39 Å². The van der Waals surface area contributed by atoms with E-state index in [4.69, 9.17) is 25.8 Å². The second-order valence-corrected chi connectivity index (χ2v) is 12.1. The zero-order valence-electron chi connectivity index (χ0n) is 26.0. The molecule has 46 heavy (non-hydrogen) atoms. The van der Waals surface area contributed by atoms with Crippen molar-refractivity contribution in [1.82, 2.24) is 15.1 Å². The molecule has 2 unspecified atom stereocenters. The van der Waals surface area contributed by atoms with E-state index < -0.39 is 23.7 Å². The normalized spacial score (nSPS) is 22.6. The zero-order chi connectivity index (χ0) is 32.7. The third-order valence-electron chi connectivity index (χ3n) is 8.77. The largest absolute Gasteiger partial charge is 0.496 e. The predicted octanol–water partition coefficient (Wildman–Crippen LogP) is 4.28. The van der Waals surface area contributed by atoms with Crippen LogP contribution < -0.4 is 15.4 Å². The zero-order valence-corrected chi connectivity index (χ0v) is 26.7. The number of benzene rings is 3. The quantitative estimate of drug-likeness (QED) is 0.245. The highest BCUT2D eigenvalue weighted by molar-refractivity contribution is 6.36. The third-order valence-corrected chi connectivity index (χ3v) is 9.18. The molecule has 0 radical (unpaired) electrons. The van der Waals surface area contributed by atoms with Crippen LogP contribution in [0.3, 0.4) is 0 Å². The van der Waals surface area contributed by atoms with Crippen molar-refractivity contribution in [2.75, 3.05) is 39.7 Å². The molecule has 3 aliphatic heterocycles. The number of rotatable bonds is 8. The number of likely N-dealkylation sites (N-methyl/N-ethyl adjacent to an activating group) is 2. The number of ether oxygens (including phenoxy) is 3. The molecule has 2 amide bonds. The second-order valence-electron chi connectivity index (χ2n) is 11.7. The lowest BCUT2D eigenvalue weighted by Crippen LogP contribution is -2.46. The minimum atomic E-state index is -0.570. The van der Waals surface area contributed by atoms with Gasteiger partial charge in [0.25, 0.3) is 11.8 Å². The van der Waals surface area contributed by atoms with Gasteiger partial charge in [0.1, 0.15) is 17.1 Å². The number of halogens is 2. The molecule has 3 aromatic rings. The first kappa shape index (κ1) is 32.0. The van der Waals surface area contributed by atoms with Gasteiger partial charge in [-0.3, -0.25) is 9.59 Å². The first-order valence-electron chi connectivity index (χ1n) is 15.0. The van der Waals surface area contributed by atoms with E-state index in [-0.39, 0.29) is 30.6 Å². The van der Waals surface area contributed by atoms with Crippen LogP contribution in [0.25, 0.3) is 22.3 Å². The maximum atomic E-state index is 15.6. The Morgan fingerprint density at radius 1 is 1.13 bits per heavy atom. The molecule has 3 aliphatic rings. The van der Waals surface area contributed by atoms with Crippen molar-refractivity contribution >= 4 is 29.1 Å². The van der Waals surface area contributed by atoms with Gasteiger partial charge in [0, 0.05) is 55.8 Å². The summed E-state index contributed by atoms with van der Waals surface area (Å²) in [6, 6.07) is 13.8. The number of nitrogens with zero attached hydrogens (tertiary/aromatic N) is 2. The summed E-state index contributed by atoms with van der Waals surface area (Å²) in [5, 5.41) is 16.7. The number of epoxide rings is 1. The molecule has 0 spiro atoms. The van der Waals surface area contributed by atoms with Crippen molar-refractivity contribution < 1.29 is 33.3 Å². The van der Waals surface area contributed by atoms with Crippen LogP contribution in [0.15, 0.2) is 60.3 Å². The van der Waals surface area contributed by atoms with E-state index in [1.807, 2.05) is 25.1 Å². The van der Waals surface area contributed by atoms with Gasteiger partial charge in [-0.1, -0.05) is 41.9 Å². The first-order chi connectivity index (χ1) is 22.1. The fourth-order valence-electron chi connectivity index (χ4n) is 5.96. The van der Waals surface area contributed by atoms with Crippen molar-refractivity contribution in [3.8, 4) is 28.0 Å². The van der Waals surface area contributed by atoms with Gasteiger partial charge in [-0.15, -0.1) is 0 Å². The van der Waals surface area contributed by atoms with Crippen molar-refractivity contribution in [2.24, 2.45) is 0 Å². The SMILES string of the molecule is COc1cc(-c2cccc(-c3cccc(NC(=O)C4=CN(C)C5OC5N(C)C4=O)c3C)c2Cl)cc(F)c1CN[C@H]1COCC[C@@H]1O. The highest BCUT2D eigenvalue weighted by atomic mass is 35.5. The number of carbonyl (C=O) groups is 2. The topological polar surface area (TPSA) is 116 Å². The molecular formula is C34H36ClFN4O6. The Labute approximate surface area is 271 Å². The van der Waals surface area contributed by atoms with Crippen LogP contribution in [0, 0.1) is 12.7 Å². The molecule has 2 saturated heterocycles. The van der Waals surface area contributed by atoms with E-state index in [1.54, 1.807) is 43.3 Å². The first-order valence-corrected chi connectivity index (χ1v) is 15.4. The van der Waals surface area contributed by atoms with Crippen molar-refractivity contribution in [3.05, 3.63) is 82.3 Å². The lowest BCUT2D eigenvalue weighted by molar-refractivity contribution is -0.129. The van der Waals surface area contributed by atoms with E-state index in [0.717, 1.165) is 11.1 Å². The van der Waals surface area contributed by atoms with E-state index in [9.17, 15) is 14.7 Å². The molecule has 242 valence electrons. The molecule has 0 bridgehead atoms. The summed E-state index contributed by atoms with van der Waals surface area (Å²) in [5.41, 5.74) is 4.17. The number of aliphatic hydroxyl groups excluding tert-OH is 1. The average Bonchev–Trinajstić information content (AvgIpc) is 3.86. The summed E-state index contributed by atoms with van der Waals surface area (Å²) in [6.07, 6.45) is 0.799. The predicted molar refractivity (Wildman–Crippen MR) is 172 cm³/mol. The van der Waals surface area contributed by atoms with Gasteiger partial charge in [0.2, 0.25) is 0 Å². The van der Waals surface area contributed by atoms with E-state index in [0.29, 0.717) is 58.3 Å². The van der Waals surface area contributed by atoms with Crippen LogP contribution >= 0.6 is 11.6 Å². The van der Waals surface area contributed by atoms with Gasteiger partial charge >= 0.3 is 0 Å². The monoisotopic (exact) mass is 650 g/mol. The van der Waals surface area contributed by atoms with Crippen LogP contribution in [0.5, 0.6) is 5.75 Å². The molecular weight excluding hydrogens is 615 g/mol. The molecule has 2 fully saturated rings. The summed E-state index contributed by atoms with van der Waals surface area (Å²) in [7, 11) is 4.85. The summed E-state index contributed by atoms with van der Waals surface area (Å²) in [6.45, 7) is 2.85. The molecule has 3 heterocycles. The molecule has 3 aromatic carbocycles. The van der Waals surface area contributed by atoms with Crippen LogP contribution in [0.4, 0.5) is 10.1 Å². The number of amides is 2. The Kier molecular flexibility index (Phi) is 9.04. The molecule has 0 saturated carbocycles.